The highest BCUT2D eigenvalue weighted by molar-refractivity contribution is 6.56. The largest absolute Gasteiger partial charge is 0.492 e. The van der Waals surface area contributed by atoms with Gasteiger partial charge in [0, 0.05) is 6.54 Å². The summed E-state index contributed by atoms with van der Waals surface area (Å²) in [6.07, 6.45) is -10.4. The SMILES string of the molecule is CC1(C)OB(C(=Cc2c(C(F)(F)F)cccc2C(F)(F)F)CNC(=O)OCc2ccccc2)OC1(C)C. The molecular formula is C25H26BF6NO4. The summed E-state index contributed by atoms with van der Waals surface area (Å²) in [6.45, 7) is 6.13. The van der Waals surface area contributed by atoms with Crippen molar-refractivity contribution in [3.05, 3.63) is 76.3 Å². The van der Waals surface area contributed by atoms with Crippen LogP contribution in [0.1, 0.15) is 49.9 Å². The van der Waals surface area contributed by atoms with E-state index in [2.05, 4.69) is 5.32 Å². The Labute approximate surface area is 210 Å². The van der Waals surface area contributed by atoms with E-state index in [1.165, 1.54) is 0 Å². The van der Waals surface area contributed by atoms with Crippen LogP contribution in [-0.4, -0.2) is 31.0 Å². The molecule has 1 aliphatic rings. The van der Waals surface area contributed by atoms with Gasteiger partial charge in [-0.25, -0.2) is 4.79 Å². The molecule has 5 nitrogen and oxygen atoms in total. The normalized spacial score (nSPS) is 17.6. The Morgan fingerprint density at radius 2 is 1.41 bits per heavy atom. The number of benzene rings is 2. The third-order valence-corrected chi connectivity index (χ3v) is 6.25. The predicted molar refractivity (Wildman–Crippen MR) is 125 cm³/mol. The van der Waals surface area contributed by atoms with Crippen molar-refractivity contribution in [1.82, 2.24) is 5.32 Å². The lowest BCUT2D eigenvalue weighted by Gasteiger charge is -2.32. The summed E-state index contributed by atoms with van der Waals surface area (Å²) < 4.78 is 99.1. The molecule has 200 valence electrons. The third kappa shape index (κ3) is 6.87. The van der Waals surface area contributed by atoms with E-state index in [4.69, 9.17) is 14.0 Å². The topological polar surface area (TPSA) is 56.8 Å². The number of hydrogen-bond donors (Lipinski definition) is 1. The summed E-state index contributed by atoms with van der Waals surface area (Å²) in [4.78, 5) is 12.3. The molecule has 0 aliphatic carbocycles. The van der Waals surface area contributed by atoms with Crippen molar-refractivity contribution >= 4 is 19.3 Å². The summed E-state index contributed by atoms with van der Waals surface area (Å²) in [5, 5.41) is 2.37. The minimum atomic E-state index is -5.07. The van der Waals surface area contributed by atoms with Crippen molar-refractivity contribution < 1.29 is 45.2 Å². The zero-order valence-corrected chi connectivity index (χ0v) is 20.6. The van der Waals surface area contributed by atoms with Crippen LogP contribution < -0.4 is 5.32 Å². The fourth-order valence-electron chi connectivity index (χ4n) is 3.55. The Hall–Kier alpha value is -2.99. The molecule has 2 aromatic carbocycles. The number of alkyl carbamates (subject to hydrolysis) is 1. The van der Waals surface area contributed by atoms with Gasteiger partial charge in [-0.2, -0.15) is 26.3 Å². The number of halogens is 6. The number of hydrogen-bond acceptors (Lipinski definition) is 4. The van der Waals surface area contributed by atoms with Gasteiger partial charge < -0.3 is 19.4 Å². The van der Waals surface area contributed by atoms with Crippen molar-refractivity contribution in [2.45, 2.75) is 57.9 Å². The summed E-state index contributed by atoms with van der Waals surface area (Å²) in [7, 11) is -1.33. The summed E-state index contributed by atoms with van der Waals surface area (Å²) >= 11 is 0. The Morgan fingerprint density at radius 3 is 1.89 bits per heavy atom. The van der Waals surface area contributed by atoms with E-state index >= 15 is 0 Å². The highest BCUT2D eigenvalue weighted by Crippen LogP contribution is 2.42. The zero-order valence-electron chi connectivity index (χ0n) is 20.6. The van der Waals surface area contributed by atoms with Crippen molar-refractivity contribution in [2.75, 3.05) is 6.54 Å². The average Bonchev–Trinajstić information content (AvgIpc) is 3.01. The van der Waals surface area contributed by atoms with Gasteiger partial charge in [-0.15, -0.1) is 0 Å². The predicted octanol–water partition coefficient (Wildman–Crippen LogP) is 6.67. The van der Waals surface area contributed by atoms with E-state index in [1.807, 2.05) is 0 Å². The van der Waals surface area contributed by atoms with Crippen LogP contribution in [0.15, 0.2) is 54.0 Å². The van der Waals surface area contributed by atoms with Gasteiger partial charge in [-0.1, -0.05) is 42.5 Å². The van der Waals surface area contributed by atoms with Gasteiger partial charge in [0.1, 0.15) is 6.61 Å². The summed E-state index contributed by atoms with van der Waals surface area (Å²) in [5.74, 6) is 0. The highest BCUT2D eigenvalue weighted by Gasteiger charge is 2.52. The van der Waals surface area contributed by atoms with Crippen molar-refractivity contribution in [1.29, 1.82) is 0 Å². The first kappa shape index (κ1) is 28.6. The quantitative estimate of drug-likeness (QED) is 0.336. The van der Waals surface area contributed by atoms with E-state index in [1.54, 1.807) is 58.0 Å². The van der Waals surface area contributed by atoms with Gasteiger partial charge in [-0.3, -0.25) is 0 Å². The Balaban J connectivity index is 1.98. The van der Waals surface area contributed by atoms with Crippen molar-refractivity contribution in [3.8, 4) is 0 Å². The summed E-state index contributed by atoms with van der Waals surface area (Å²) in [6, 6.07) is 10.5. The molecule has 37 heavy (non-hydrogen) atoms. The number of amides is 1. The minimum Gasteiger partial charge on any atom is -0.445 e. The second-order valence-electron chi connectivity index (χ2n) is 9.49. The molecule has 1 N–H and O–H groups in total. The molecule has 0 radical (unpaired) electrons. The van der Waals surface area contributed by atoms with E-state index in [-0.39, 0.29) is 12.1 Å². The maximum Gasteiger partial charge on any atom is 0.492 e. The number of carbonyl (C=O) groups excluding carboxylic acids is 1. The molecule has 3 rings (SSSR count). The molecule has 2 aromatic rings. The molecular weight excluding hydrogens is 503 g/mol. The first-order chi connectivity index (χ1) is 17.0. The van der Waals surface area contributed by atoms with Crippen LogP contribution in [0.5, 0.6) is 0 Å². The first-order valence-electron chi connectivity index (χ1n) is 11.3. The standard InChI is InChI=1S/C25H26BF6NO4/c1-22(2)23(3,4)37-26(36-22)17(14-33-21(34)35-15-16-9-6-5-7-10-16)13-18-19(24(27,28)29)11-8-12-20(18)25(30,31)32/h5-13H,14-15H2,1-4H3,(H,33,34). The molecule has 0 bridgehead atoms. The molecule has 0 saturated carbocycles. The van der Waals surface area contributed by atoms with Gasteiger partial charge in [0.25, 0.3) is 0 Å². The zero-order chi connectivity index (χ0) is 27.6. The maximum absolute atomic E-state index is 13.7. The lowest BCUT2D eigenvalue weighted by molar-refractivity contribution is -0.143. The molecule has 0 spiro atoms. The average molecular weight is 529 g/mol. The van der Waals surface area contributed by atoms with Crippen LogP contribution in [0.3, 0.4) is 0 Å². The van der Waals surface area contributed by atoms with Crippen LogP contribution in [0.25, 0.3) is 6.08 Å². The second-order valence-corrected chi connectivity index (χ2v) is 9.49. The maximum atomic E-state index is 13.7. The van der Waals surface area contributed by atoms with Crippen LogP contribution in [0, 0.1) is 0 Å². The highest BCUT2D eigenvalue weighted by atomic mass is 19.4. The fourth-order valence-corrected chi connectivity index (χ4v) is 3.55. The molecule has 1 saturated heterocycles. The second kappa shape index (κ2) is 10.4. The summed E-state index contributed by atoms with van der Waals surface area (Å²) in [5.41, 5.74) is -5.43. The van der Waals surface area contributed by atoms with Gasteiger partial charge in [-0.05, 0) is 56.4 Å². The number of nitrogens with one attached hydrogen (secondary N) is 1. The lowest BCUT2D eigenvalue weighted by atomic mass is 9.76. The van der Waals surface area contributed by atoms with Gasteiger partial charge in [0.05, 0.1) is 22.3 Å². The number of ether oxygens (including phenoxy) is 1. The number of rotatable bonds is 6. The van der Waals surface area contributed by atoms with Crippen molar-refractivity contribution in [3.63, 3.8) is 0 Å². The number of alkyl halides is 6. The van der Waals surface area contributed by atoms with Gasteiger partial charge >= 0.3 is 25.6 Å². The van der Waals surface area contributed by atoms with E-state index in [0.29, 0.717) is 29.8 Å². The van der Waals surface area contributed by atoms with Crippen LogP contribution in [0.4, 0.5) is 31.1 Å². The smallest absolute Gasteiger partial charge is 0.445 e. The molecule has 0 unspecified atom stereocenters. The first-order valence-corrected chi connectivity index (χ1v) is 11.3. The molecule has 0 atom stereocenters. The van der Waals surface area contributed by atoms with E-state index < -0.39 is 60.0 Å². The van der Waals surface area contributed by atoms with Crippen LogP contribution in [0.2, 0.25) is 0 Å². The third-order valence-electron chi connectivity index (χ3n) is 6.25. The molecule has 1 heterocycles. The molecule has 1 amide bonds. The Kier molecular flexibility index (Phi) is 8.04. The van der Waals surface area contributed by atoms with E-state index in [9.17, 15) is 31.1 Å². The molecule has 12 heteroatoms. The monoisotopic (exact) mass is 529 g/mol. The number of carbonyl (C=O) groups is 1. The lowest BCUT2D eigenvalue weighted by Crippen LogP contribution is -2.41. The Bertz CT molecular complexity index is 1100. The fraction of sp³-hybridized carbons (Fsp3) is 0.400. The van der Waals surface area contributed by atoms with Crippen LogP contribution >= 0.6 is 0 Å². The van der Waals surface area contributed by atoms with Crippen molar-refractivity contribution in [2.24, 2.45) is 0 Å². The minimum absolute atomic E-state index is 0.0860. The van der Waals surface area contributed by atoms with Crippen LogP contribution in [-0.2, 0) is 33.0 Å². The molecule has 1 fully saturated rings. The Morgan fingerprint density at radius 1 is 0.892 bits per heavy atom. The molecule has 1 aliphatic heterocycles. The molecule has 0 aromatic heterocycles. The van der Waals surface area contributed by atoms with Gasteiger partial charge in [0.2, 0.25) is 0 Å². The van der Waals surface area contributed by atoms with Gasteiger partial charge in [0.15, 0.2) is 0 Å². The van der Waals surface area contributed by atoms with E-state index in [0.717, 1.165) is 0 Å².